The first-order valence-electron chi connectivity index (χ1n) is 2.46. The molecule has 0 aliphatic rings. The Morgan fingerprint density at radius 2 is 1.75 bits per heavy atom. The summed E-state index contributed by atoms with van der Waals surface area (Å²) in [4.78, 5) is 0. The first kappa shape index (κ1) is 11.8. The number of rotatable bonds is 4. The van der Waals surface area contributed by atoms with Crippen LogP contribution in [0.4, 0.5) is 0 Å². The number of hydrogen-bond donors (Lipinski definition) is 0. The standard InChI is InChI=1S/2C2H5O.Al.Li.2H2.H/c2*1-2-3;;;;;/h2*2H2,1H3;;;2*1H;/q2*-1;+2;+1;;;-1. The van der Waals surface area contributed by atoms with Crippen molar-refractivity contribution in [2.75, 3.05) is 13.2 Å². The van der Waals surface area contributed by atoms with Gasteiger partial charge in [0.15, 0.2) is 0 Å². The van der Waals surface area contributed by atoms with Crippen LogP contribution < -0.4 is 18.9 Å². The Bertz CT molecular complexity index is 42.5. The van der Waals surface area contributed by atoms with Crippen LogP contribution in [0.1, 0.15) is 18.1 Å². The predicted octanol–water partition coefficient (Wildman–Crippen LogP) is -1.80. The molecule has 0 saturated heterocycles. The monoisotopic (exact) mass is 129 g/mol. The Kier molecular flexibility index (Phi) is 16.1. The van der Waals surface area contributed by atoms with Crippen molar-refractivity contribution >= 4 is 15.9 Å². The fraction of sp³-hybridized carbons (Fsp3) is 1.00. The van der Waals surface area contributed by atoms with Gasteiger partial charge in [-0.3, -0.25) is 0 Å². The molecule has 0 aliphatic carbocycles. The van der Waals surface area contributed by atoms with Crippen molar-refractivity contribution in [3.63, 3.8) is 0 Å². The van der Waals surface area contributed by atoms with Crippen molar-refractivity contribution in [3.05, 3.63) is 0 Å². The minimum absolute atomic E-state index is 0. The maximum Gasteiger partial charge on any atom is 1.00 e. The maximum absolute atomic E-state index is 4.94. The Morgan fingerprint density at radius 1 is 1.38 bits per heavy atom. The Balaban J connectivity index is -0.0000000300. The molecule has 0 N–H and O–H groups in total. The average Bonchev–Trinajstić information content (AvgIpc) is 1.69. The third kappa shape index (κ3) is 10.1. The minimum atomic E-state index is -0.178. The van der Waals surface area contributed by atoms with Crippen LogP contribution in [0, 0.1) is 0 Å². The smallest absolute Gasteiger partial charge is 1.00 e. The largest absolute Gasteiger partial charge is 1.00 e. The molecule has 4 heteroatoms. The molecule has 0 bridgehead atoms. The second kappa shape index (κ2) is 10.9. The zero-order chi connectivity index (χ0) is 5.54. The fourth-order valence-corrected chi connectivity index (χ4v) is 0.553. The van der Waals surface area contributed by atoms with E-state index in [9.17, 15) is 0 Å². The van der Waals surface area contributed by atoms with Crippen molar-refractivity contribution in [1.29, 1.82) is 0 Å². The molecule has 0 heterocycles. The van der Waals surface area contributed by atoms with Crippen molar-refractivity contribution in [1.82, 2.24) is 0 Å². The molecule has 0 aliphatic heterocycles. The van der Waals surface area contributed by atoms with E-state index in [0.29, 0.717) is 0 Å². The zero-order valence-electron chi connectivity index (χ0n) is 6.81. The summed E-state index contributed by atoms with van der Waals surface area (Å²) in [5.74, 6) is 0. The summed E-state index contributed by atoms with van der Waals surface area (Å²) in [5, 5.41) is 0. The van der Waals surface area contributed by atoms with Crippen LogP contribution in [0.5, 0.6) is 0 Å². The van der Waals surface area contributed by atoms with Crippen LogP contribution >= 0.6 is 0 Å². The SMILES string of the molecule is CC[O][Al][O]CC.[H-].[HH].[HH].[Li+]. The van der Waals surface area contributed by atoms with Gasteiger partial charge in [-0.1, -0.05) is 0 Å². The summed E-state index contributed by atoms with van der Waals surface area (Å²) >= 11 is -0.178. The molecule has 0 fully saturated rings. The van der Waals surface area contributed by atoms with Gasteiger partial charge < -0.3 is 9.00 Å². The summed E-state index contributed by atoms with van der Waals surface area (Å²) in [6.45, 7) is 5.47. The van der Waals surface area contributed by atoms with E-state index in [-0.39, 0.29) is 39.0 Å². The van der Waals surface area contributed by atoms with E-state index in [4.69, 9.17) is 7.58 Å². The first-order chi connectivity index (χ1) is 3.41. The van der Waals surface area contributed by atoms with Crippen LogP contribution in [0.15, 0.2) is 0 Å². The van der Waals surface area contributed by atoms with E-state index >= 15 is 0 Å². The van der Waals surface area contributed by atoms with Crippen LogP contribution in [0.3, 0.4) is 0 Å². The molecule has 0 saturated carbocycles. The molecule has 8 heavy (non-hydrogen) atoms. The van der Waals surface area contributed by atoms with E-state index in [2.05, 4.69) is 0 Å². The molecular weight excluding hydrogens is 114 g/mol. The van der Waals surface area contributed by atoms with E-state index in [1.807, 2.05) is 13.8 Å². The fourth-order valence-electron chi connectivity index (χ4n) is 0.184. The summed E-state index contributed by atoms with van der Waals surface area (Å²) in [6.07, 6.45) is 0. The van der Waals surface area contributed by atoms with Gasteiger partial charge in [0.25, 0.3) is 0 Å². The second-order valence-corrected chi connectivity index (χ2v) is 1.87. The Morgan fingerprint density at radius 3 is 2.00 bits per heavy atom. The van der Waals surface area contributed by atoms with Crippen molar-refractivity contribution in [2.45, 2.75) is 13.8 Å². The molecule has 47 valence electrons. The molecule has 0 unspecified atom stereocenters. The third-order valence-electron chi connectivity index (χ3n) is 0.469. The van der Waals surface area contributed by atoms with Crippen LogP contribution in [-0.4, -0.2) is 29.1 Å². The van der Waals surface area contributed by atoms with Crippen molar-refractivity contribution in [2.24, 2.45) is 0 Å². The average molecular weight is 129 g/mol. The summed E-state index contributed by atoms with van der Waals surface area (Å²) in [7, 11) is 0. The third-order valence-corrected chi connectivity index (χ3v) is 1.41. The van der Waals surface area contributed by atoms with Gasteiger partial charge in [-0.05, 0) is 13.8 Å². The van der Waals surface area contributed by atoms with Gasteiger partial charge in [0.05, 0.1) is 0 Å². The van der Waals surface area contributed by atoms with Crippen molar-refractivity contribution < 1.29 is 30.7 Å². The molecule has 0 aromatic heterocycles. The van der Waals surface area contributed by atoms with Crippen LogP contribution in [0.25, 0.3) is 0 Å². The molecular formula is C4H15AlLiO2. The summed E-state index contributed by atoms with van der Waals surface area (Å²) in [5.41, 5.74) is 0. The van der Waals surface area contributed by atoms with Gasteiger partial charge in [-0.25, -0.2) is 0 Å². The van der Waals surface area contributed by atoms with E-state index in [0.717, 1.165) is 13.2 Å². The van der Waals surface area contributed by atoms with Crippen LogP contribution in [-0.2, 0) is 7.58 Å². The molecule has 0 aromatic rings. The van der Waals surface area contributed by atoms with E-state index in [1.54, 1.807) is 0 Å². The normalized spacial score (nSPS) is 7.75. The van der Waals surface area contributed by atoms with Gasteiger partial charge in [-0.15, -0.1) is 0 Å². The molecule has 2 nitrogen and oxygen atoms in total. The summed E-state index contributed by atoms with van der Waals surface area (Å²) < 4.78 is 9.87. The van der Waals surface area contributed by atoms with Gasteiger partial charge in [0.2, 0.25) is 0 Å². The molecule has 0 rings (SSSR count). The maximum atomic E-state index is 4.94. The molecule has 0 spiro atoms. The van der Waals surface area contributed by atoms with Gasteiger partial charge in [0, 0.05) is 16.1 Å². The van der Waals surface area contributed by atoms with Gasteiger partial charge in [-0.2, -0.15) is 0 Å². The predicted molar refractivity (Wildman–Crippen MR) is 34.3 cm³/mol. The van der Waals surface area contributed by atoms with E-state index < -0.39 is 0 Å². The topological polar surface area (TPSA) is 18.5 Å². The molecule has 0 atom stereocenters. The van der Waals surface area contributed by atoms with Crippen LogP contribution in [0.2, 0.25) is 0 Å². The molecule has 0 amide bonds. The quantitative estimate of drug-likeness (QED) is 0.329. The zero-order valence-corrected chi connectivity index (χ0v) is 6.96. The minimum Gasteiger partial charge on any atom is -1.00 e. The Hall–Kier alpha value is 1.05. The van der Waals surface area contributed by atoms with Gasteiger partial charge >= 0.3 is 34.7 Å². The molecule has 0 aromatic carbocycles. The first-order valence-corrected chi connectivity index (χ1v) is 3.41. The summed E-state index contributed by atoms with van der Waals surface area (Å²) in [6, 6.07) is 0. The van der Waals surface area contributed by atoms with Crippen molar-refractivity contribution in [3.8, 4) is 0 Å². The van der Waals surface area contributed by atoms with Gasteiger partial charge in [0.1, 0.15) is 0 Å². The second-order valence-electron chi connectivity index (χ2n) is 1.01. The van der Waals surface area contributed by atoms with E-state index in [1.165, 1.54) is 0 Å². The molecule has 1 radical (unpaired) electrons. The number of hydrogen-bond acceptors (Lipinski definition) is 2. The Labute approximate surface area is 73.9 Å².